The fourth-order valence-corrected chi connectivity index (χ4v) is 4.73. The normalized spacial score (nSPS) is 18.1. The second kappa shape index (κ2) is 8.84. The molecule has 0 aromatic heterocycles. The predicted molar refractivity (Wildman–Crippen MR) is 108 cm³/mol. The van der Waals surface area contributed by atoms with Crippen molar-refractivity contribution in [3.63, 3.8) is 0 Å². The molecule has 154 valence electrons. The van der Waals surface area contributed by atoms with Crippen LogP contribution in [-0.2, 0) is 21.2 Å². The van der Waals surface area contributed by atoms with E-state index in [1.807, 2.05) is 0 Å². The van der Waals surface area contributed by atoms with Crippen LogP contribution in [0.15, 0.2) is 55.1 Å². The standard InChI is InChI=1S/C21H22F2N2O3S/c1-2-11-29(27,28)25-10-9-24-21(26)17(14-25)12-15-5-3-4-6-18(15)16-7-8-19(22)20(23)13-16/h2-8,13,17H,1,9-12,14H2,(H,24,26). The summed E-state index contributed by atoms with van der Waals surface area (Å²) in [4.78, 5) is 12.5. The van der Waals surface area contributed by atoms with Crippen molar-refractivity contribution in [1.82, 2.24) is 9.62 Å². The number of nitrogens with one attached hydrogen (secondary N) is 1. The molecule has 1 amide bonds. The van der Waals surface area contributed by atoms with E-state index < -0.39 is 27.6 Å². The van der Waals surface area contributed by atoms with Crippen molar-refractivity contribution in [2.24, 2.45) is 5.92 Å². The Bertz CT molecular complexity index is 1020. The van der Waals surface area contributed by atoms with Gasteiger partial charge in [0.25, 0.3) is 0 Å². The van der Waals surface area contributed by atoms with Crippen LogP contribution in [0.25, 0.3) is 11.1 Å². The van der Waals surface area contributed by atoms with E-state index in [0.717, 1.165) is 17.7 Å². The average molecular weight is 420 g/mol. The highest BCUT2D eigenvalue weighted by atomic mass is 32.2. The van der Waals surface area contributed by atoms with E-state index in [-0.39, 0.29) is 37.7 Å². The molecule has 0 saturated carbocycles. The van der Waals surface area contributed by atoms with Gasteiger partial charge in [-0.2, -0.15) is 4.31 Å². The van der Waals surface area contributed by atoms with Gasteiger partial charge < -0.3 is 5.32 Å². The van der Waals surface area contributed by atoms with Gasteiger partial charge in [-0.3, -0.25) is 4.79 Å². The number of amides is 1. The first-order chi connectivity index (χ1) is 13.8. The second-order valence-electron chi connectivity index (χ2n) is 6.90. The monoisotopic (exact) mass is 420 g/mol. The second-order valence-corrected chi connectivity index (χ2v) is 8.92. The predicted octanol–water partition coefficient (Wildman–Crippen LogP) is 2.74. The van der Waals surface area contributed by atoms with Gasteiger partial charge in [0.05, 0.1) is 11.7 Å². The minimum atomic E-state index is -3.55. The van der Waals surface area contributed by atoms with Crippen LogP contribution in [0.4, 0.5) is 8.78 Å². The van der Waals surface area contributed by atoms with E-state index in [4.69, 9.17) is 0 Å². The van der Waals surface area contributed by atoms with Gasteiger partial charge >= 0.3 is 0 Å². The third kappa shape index (κ3) is 4.89. The lowest BCUT2D eigenvalue weighted by Crippen LogP contribution is -2.38. The molecule has 1 atom stereocenters. The van der Waals surface area contributed by atoms with Crippen molar-refractivity contribution in [1.29, 1.82) is 0 Å². The van der Waals surface area contributed by atoms with Crippen molar-refractivity contribution >= 4 is 15.9 Å². The number of rotatable bonds is 6. The minimum absolute atomic E-state index is 0.0497. The molecule has 0 radical (unpaired) electrons. The molecule has 1 unspecified atom stereocenters. The number of hydrogen-bond acceptors (Lipinski definition) is 3. The number of carbonyl (C=O) groups is 1. The first kappa shape index (κ1) is 21.1. The maximum atomic E-state index is 13.7. The Morgan fingerprint density at radius 2 is 1.93 bits per heavy atom. The van der Waals surface area contributed by atoms with Crippen molar-refractivity contribution < 1.29 is 22.0 Å². The summed E-state index contributed by atoms with van der Waals surface area (Å²) in [5.74, 6) is -2.92. The third-order valence-electron chi connectivity index (χ3n) is 4.89. The number of nitrogens with zero attached hydrogens (tertiary/aromatic N) is 1. The number of sulfonamides is 1. The molecule has 8 heteroatoms. The van der Waals surface area contributed by atoms with Crippen LogP contribution in [-0.4, -0.2) is 44.0 Å². The molecular weight excluding hydrogens is 398 g/mol. The van der Waals surface area contributed by atoms with E-state index >= 15 is 0 Å². The van der Waals surface area contributed by atoms with E-state index in [1.165, 1.54) is 16.4 Å². The third-order valence-corrected chi connectivity index (χ3v) is 6.67. The van der Waals surface area contributed by atoms with Gasteiger partial charge in [-0.25, -0.2) is 17.2 Å². The smallest absolute Gasteiger partial charge is 0.224 e. The molecule has 0 bridgehead atoms. The van der Waals surface area contributed by atoms with Crippen LogP contribution in [0.2, 0.25) is 0 Å². The Balaban J connectivity index is 1.91. The molecule has 1 aliphatic rings. The first-order valence-corrected chi connectivity index (χ1v) is 10.8. The van der Waals surface area contributed by atoms with Crippen LogP contribution >= 0.6 is 0 Å². The van der Waals surface area contributed by atoms with Crippen molar-refractivity contribution in [3.05, 3.63) is 72.3 Å². The summed E-state index contributed by atoms with van der Waals surface area (Å²) in [5.41, 5.74) is 1.91. The Morgan fingerprint density at radius 1 is 1.17 bits per heavy atom. The summed E-state index contributed by atoms with van der Waals surface area (Å²) in [5, 5.41) is 2.75. The van der Waals surface area contributed by atoms with E-state index in [9.17, 15) is 22.0 Å². The summed E-state index contributed by atoms with van der Waals surface area (Å²) in [6, 6.07) is 10.8. The molecule has 1 N–H and O–H groups in total. The van der Waals surface area contributed by atoms with Crippen LogP contribution in [0.1, 0.15) is 5.56 Å². The lowest BCUT2D eigenvalue weighted by molar-refractivity contribution is -0.124. The molecule has 1 saturated heterocycles. The van der Waals surface area contributed by atoms with E-state index in [2.05, 4.69) is 11.9 Å². The highest BCUT2D eigenvalue weighted by molar-refractivity contribution is 7.89. The number of halogens is 2. The quantitative estimate of drug-likeness (QED) is 0.731. The largest absolute Gasteiger partial charge is 0.354 e. The van der Waals surface area contributed by atoms with Gasteiger partial charge in [0.1, 0.15) is 0 Å². The maximum Gasteiger partial charge on any atom is 0.224 e. The van der Waals surface area contributed by atoms with Crippen molar-refractivity contribution in [3.8, 4) is 11.1 Å². The van der Waals surface area contributed by atoms with Crippen LogP contribution in [0.5, 0.6) is 0 Å². The van der Waals surface area contributed by atoms with Gasteiger partial charge in [-0.05, 0) is 35.2 Å². The molecule has 3 rings (SSSR count). The summed E-state index contributed by atoms with van der Waals surface area (Å²) < 4.78 is 53.2. The first-order valence-electron chi connectivity index (χ1n) is 9.21. The zero-order valence-electron chi connectivity index (χ0n) is 15.8. The van der Waals surface area contributed by atoms with Gasteiger partial charge in [-0.1, -0.05) is 36.4 Å². The molecule has 0 spiro atoms. The zero-order chi connectivity index (χ0) is 21.0. The van der Waals surface area contributed by atoms with Crippen LogP contribution in [0.3, 0.4) is 0 Å². The summed E-state index contributed by atoms with van der Waals surface area (Å²) in [6.07, 6.45) is 1.59. The summed E-state index contributed by atoms with van der Waals surface area (Å²) in [6.45, 7) is 3.96. The van der Waals surface area contributed by atoms with E-state index in [1.54, 1.807) is 24.3 Å². The molecule has 2 aromatic rings. The Labute approximate surface area is 169 Å². The number of carbonyl (C=O) groups excluding carboxylic acids is 1. The summed E-state index contributed by atoms with van der Waals surface area (Å²) in [7, 11) is -3.55. The average Bonchev–Trinajstić information content (AvgIpc) is 2.87. The SMILES string of the molecule is C=CCS(=O)(=O)N1CCNC(=O)C(Cc2ccccc2-c2ccc(F)c(F)c2)C1. The molecule has 5 nitrogen and oxygen atoms in total. The van der Waals surface area contributed by atoms with Gasteiger partial charge in [-0.15, -0.1) is 6.58 Å². The Hall–Kier alpha value is -2.58. The summed E-state index contributed by atoms with van der Waals surface area (Å²) >= 11 is 0. The van der Waals surface area contributed by atoms with Crippen molar-refractivity contribution in [2.75, 3.05) is 25.4 Å². The number of hydrogen-bond donors (Lipinski definition) is 1. The lowest BCUT2D eigenvalue weighted by atomic mass is 9.91. The minimum Gasteiger partial charge on any atom is -0.354 e. The Kier molecular flexibility index (Phi) is 6.44. The van der Waals surface area contributed by atoms with Crippen LogP contribution < -0.4 is 5.32 Å². The molecular formula is C21H22F2N2O3S. The molecule has 29 heavy (non-hydrogen) atoms. The fraction of sp³-hybridized carbons (Fsp3) is 0.286. The molecule has 2 aromatic carbocycles. The van der Waals surface area contributed by atoms with Gasteiger partial charge in [0, 0.05) is 19.6 Å². The maximum absolute atomic E-state index is 13.7. The molecule has 0 aliphatic carbocycles. The number of benzene rings is 2. The fourth-order valence-electron chi connectivity index (χ4n) is 3.44. The van der Waals surface area contributed by atoms with Crippen LogP contribution in [0, 0.1) is 17.6 Å². The molecule has 1 aliphatic heterocycles. The zero-order valence-corrected chi connectivity index (χ0v) is 16.6. The highest BCUT2D eigenvalue weighted by Gasteiger charge is 2.31. The van der Waals surface area contributed by atoms with Crippen molar-refractivity contribution in [2.45, 2.75) is 6.42 Å². The molecule has 1 heterocycles. The highest BCUT2D eigenvalue weighted by Crippen LogP contribution is 2.28. The molecule has 1 fully saturated rings. The Morgan fingerprint density at radius 3 is 2.66 bits per heavy atom. The van der Waals surface area contributed by atoms with E-state index in [0.29, 0.717) is 11.1 Å². The topological polar surface area (TPSA) is 66.5 Å². The lowest BCUT2D eigenvalue weighted by Gasteiger charge is -2.22. The van der Waals surface area contributed by atoms with Gasteiger partial charge in [0.2, 0.25) is 15.9 Å². The van der Waals surface area contributed by atoms with Gasteiger partial charge in [0.15, 0.2) is 11.6 Å².